The van der Waals surface area contributed by atoms with Crippen molar-refractivity contribution in [3.8, 4) is 0 Å². The van der Waals surface area contributed by atoms with E-state index in [1.807, 2.05) is 0 Å². The maximum atomic E-state index is 10.2. The second-order valence-corrected chi connectivity index (χ2v) is 2.93. The molecule has 3 nitrogen and oxygen atoms in total. The van der Waals surface area contributed by atoms with Crippen molar-refractivity contribution in [1.82, 2.24) is 4.90 Å². The summed E-state index contributed by atoms with van der Waals surface area (Å²) in [5.41, 5.74) is 0. The molecule has 3 heteroatoms. The quantitative estimate of drug-likeness (QED) is 0.552. The molecule has 0 aromatic heterocycles. The molecule has 0 aliphatic carbocycles. The highest BCUT2D eigenvalue weighted by Crippen LogP contribution is 2.10. The van der Waals surface area contributed by atoms with Crippen LogP contribution in [0.15, 0.2) is 0 Å². The number of carbonyl (C=O) groups is 1. The molecule has 1 aliphatic heterocycles. The highest BCUT2D eigenvalue weighted by atomic mass is 16.5. The molecule has 1 atom stereocenters. The van der Waals surface area contributed by atoms with Crippen LogP contribution in [0.3, 0.4) is 0 Å². The van der Waals surface area contributed by atoms with Gasteiger partial charge < -0.3 is 9.53 Å². The zero-order valence-corrected chi connectivity index (χ0v) is 6.95. The molecule has 0 spiro atoms. The van der Waals surface area contributed by atoms with Crippen molar-refractivity contribution in [3.05, 3.63) is 0 Å². The minimum absolute atomic E-state index is 0.337. The summed E-state index contributed by atoms with van der Waals surface area (Å²) in [4.78, 5) is 12.3. The summed E-state index contributed by atoms with van der Waals surface area (Å²) in [7, 11) is 1.73. The molecule has 0 aromatic rings. The maximum absolute atomic E-state index is 10.2. The highest BCUT2D eigenvalue weighted by Gasteiger charge is 2.18. The lowest BCUT2D eigenvalue weighted by molar-refractivity contribution is -0.109. The summed E-state index contributed by atoms with van der Waals surface area (Å²) in [6.07, 6.45) is 3.57. The Morgan fingerprint density at radius 1 is 1.73 bits per heavy atom. The fourth-order valence-corrected chi connectivity index (χ4v) is 1.48. The summed E-state index contributed by atoms with van der Waals surface area (Å²) in [6, 6.07) is 0. The molecule has 0 N–H and O–H groups in total. The van der Waals surface area contributed by atoms with Gasteiger partial charge in [-0.1, -0.05) is 0 Å². The molecule has 0 amide bonds. The molecule has 1 rings (SSSR count). The molecule has 1 aliphatic rings. The van der Waals surface area contributed by atoms with Gasteiger partial charge in [-0.3, -0.25) is 4.90 Å². The number of carbonyl (C=O) groups excluding carboxylic acids is 1. The van der Waals surface area contributed by atoms with E-state index in [2.05, 4.69) is 4.90 Å². The van der Waals surface area contributed by atoms with Gasteiger partial charge in [0.1, 0.15) is 6.29 Å². The Morgan fingerprint density at radius 3 is 3.18 bits per heavy atom. The SMILES string of the molecule is COC1CCCN(CC=O)C1. The number of likely N-dealkylation sites (tertiary alicyclic amines) is 1. The standard InChI is InChI=1S/C8H15NO2/c1-11-8-3-2-4-9(7-8)5-6-10/h6,8H,2-5,7H2,1H3. The van der Waals surface area contributed by atoms with E-state index < -0.39 is 0 Å². The van der Waals surface area contributed by atoms with E-state index in [0.29, 0.717) is 12.6 Å². The molecule has 0 saturated carbocycles. The summed E-state index contributed by atoms with van der Waals surface area (Å²) in [6.45, 7) is 2.51. The lowest BCUT2D eigenvalue weighted by Gasteiger charge is -2.30. The lowest BCUT2D eigenvalue weighted by Crippen LogP contribution is -2.39. The van der Waals surface area contributed by atoms with Crippen LogP contribution in [0.5, 0.6) is 0 Å². The molecule has 0 aromatic carbocycles. The smallest absolute Gasteiger partial charge is 0.133 e. The van der Waals surface area contributed by atoms with Crippen molar-refractivity contribution >= 4 is 6.29 Å². The third kappa shape index (κ3) is 2.60. The molecule has 1 heterocycles. The van der Waals surface area contributed by atoms with Crippen LogP contribution in [0, 0.1) is 0 Å². The summed E-state index contributed by atoms with van der Waals surface area (Å²) in [5, 5.41) is 0. The van der Waals surface area contributed by atoms with Gasteiger partial charge in [0.05, 0.1) is 12.6 Å². The van der Waals surface area contributed by atoms with Gasteiger partial charge in [-0.15, -0.1) is 0 Å². The molecule has 1 fully saturated rings. The van der Waals surface area contributed by atoms with Gasteiger partial charge in [-0.05, 0) is 19.4 Å². The van der Waals surface area contributed by atoms with Crippen molar-refractivity contribution in [3.63, 3.8) is 0 Å². The first-order chi connectivity index (χ1) is 5.36. The first-order valence-electron chi connectivity index (χ1n) is 4.05. The van der Waals surface area contributed by atoms with Crippen LogP contribution in [0.4, 0.5) is 0 Å². The van der Waals surface area contributed by atoms with Crippen LogP contribution < -0.4 is 0 Å². The number of rotatable bonds is 3. The van der Waals surface area contributed by atoms with Crippen molar-refractivity contribution in [1.29, 1.82) is 0 Å². The second kappa shape index (κ2) is 4.46. The number of methoxy groups -OCH3 is 1. The van der Waals surface area contributed by atoms with Crippen molar-refractivity contribution in [2.75, 3.05) is 26.7 Å². The Morgan fingerprint density at radius 2 is 2.55 bits per heavy atom. The van der Waals surface area contributed by atoms with E-state index in [-0.39, 0.29) is 0 Å². The lowest BCUT2D eigenvalue weighted by atomic mass is 10.1. The number of aldehydes is 1. The normalized spacial score (nSPS) is 26.8. The molecule has 1 saturated heterocycles. The van der Waals surface area contributed by atoms with Gasteiger partial charge in [0.2, 0.25) is 0 Å². The van der Waals surface area contributed by atoms with Crippen LogP contribution in [0.2, 0.25) is 0 Å². The minimum Gasteiger partial charge on any atom is -0.380 e. The first-order valence-corrected chi connectivity index (χ1v) is 4.05. The summed E-state index contributed by atoms with van der Waals surface area (Å²) in [5.74, 6) is 0. The predicted octanol–water partition coefficient (Wildman–Crippen LogP) is 0.296. The van der Waals surface area contributed by atoms with Crippen LogP contribution in [-0.2, 0) is 9.53 Å². The fraction of sp³-hybridized carbons (Fsp3) is 0.875. The molecule has 0 bridgehead atoms. The zero-order chi connectivity index (χ0) is 8.10. The van der Waals surface area contributed by atoms with E-state index in [1.165, 1.54) is 0 Å². The fourth-order valence-electron chi connectivity index (χ4n) is 1.48. The van der Waals surface area contributed by atoms with Gasteiger partial charge in [0.15, 0.2) is 0 Å². The number of ether oxygens (including phenoxy) is 1. The van der Waals surface area contributed by atoms with Gasteiger partial charge in [0, 0.05) is 13.7 Å². The zero-order valence-electron chi connectivity index (χ0n) is 6.95. The first kappa shape index (κ1) is 8.68. The Balaban J connectivity index is 2.27. The van der Waals surface area contributed by atoms with Gasteiger partial charge >= 0.3 is 0 Å². The van der Waals surface area contributed by atoms with E-state index in [0.717, 1.165) is 32.2 Å². The Kier molecular flexibility index (Phi) is 3.52. The minimum atomic E-state index is 0.337. The predicted molar refractivity (Wildman–Crippen MR) is 42.5 cm³/mol. The number of hydrogen-bond acceptors (Lipinski definition) is 3. The Labute approximate surface area is 67.3 Å². The van der Waals surface area contributed by atoms with E-state index >= 15 is 0 Å². The van der Waals surface area contributed by atoms with Crippen LogP contribution >= 0.6 is 0 Å². The van der Waals surface area contributed by atoms with Crippen molar-refractivity contribution in [2.45, 2.75) is 18.9 Å². The van der Waals surface area contributed by atoms with Crippen LogP contribution in [0.1, 0.15) is 12.8 Å². The van der Waals surface area contributed by atoms with Gasteiger partial charge in [-0.2, -0.15) is 0 Å². The molecular weight excluding hydrogens is 142 g/mol. The Bertz CT molecular complexity index is 127. The average Bonchev–Trinajstić information content (AvgIpc) is 2.06. The molecule has 0 radical (unpaired) electrons. The highest BCUT2D eigenvalue weighted by molar-refractivity contribution is 5.51. The monoisotopic (exact) mass is 157 g/mol. The van der Waals surface area contributed by atoms with E-state index in [4.69, 9.17) is 4.74 Å². The maximum Gasteiger partial charge on any atom is 0.133 e. The summed E-state index contributed by atoms with van der Waals surface area (Å²) < 4.78 is 5.21. The Hall–Kier alpha value is -0.410. The number of piperidine rings is 1. The topological polar surface area (TPSA) is 29.5 Å². The van der Waals surface area contributed by atoms with Gasteiger partial charge in [-0.25, -0.2) is 0 Å². The largest absolute Gasteiger partial charge is 0.380 e. The van der Waals surface area contributed by atoms with Crippen LogP contribution in [0.25, 0.3) is 0 Å². The molecular formula is C8H15NO2. The van der Waals surface area contributed by atoms with E-state index in [9.17, 15) is 4.79 Å². The molecule has 64 valence electrons. The van der Waals surface area contributed by atoms with Crippen molar-refractivity contribution < 1.29 is 9.53 Å². The number of hydrogen-bond donors (Lipinski definition) is 0. The third-order valence-electron chi connectivity index (χ3n) is 2.13. The van der Waals surface area contributed by atoms with Crippen molar-refractivity contribution in [2.24, 2.45) is 0 Å². The summed E-state index contributed by atoms with van der Waals surface area (Å²) >= 11 is 0. The van der Waals surface area contributed by atoms with E-state index in [1.54, 1.807) is 7.11 Å². The molecule has 11 heavy (non-hydrogen) atoms. The third-order valence-corrected chi connectivity index (χ3v) is 2.13. The second-order valence-electron chi connectivity index (χ2n) is 2.93. The number of nitrogens with zero attached hydrogens (tertiary/aromatic N) is 1. The average molecular weight is 157 g/mol. The van der Waals surface area contributed by atoms with Crippen LogP contribution in [-0.4, -0.2) is 44.0 Å². The molecule has 1 unspecified atom stereocenters. The van der Waals surface area contributed by atoms with Gasteiger partial charge in [0.25, 0.3) is 0 Å².